The summed E-state index contributed by atoms with van der Waals surface area (Å²) in [5, 5.41) is 3.41. The molecule has 0 saturated carbocycles. The first-order chi connectivity index (χ1) is 10.2. The molecular formula is C16H21N3O2. The number of hydrogen-bond donors (Lipinski definition) is 1. The van der Waals surface area contributed by atoms with Crippen molar-refractivity contribution in [1.29, 1.82) is 0 Å². The largest absolute Gasteiger partial charge is 0.378 e. The molecule has 2 aromatic rings. The van der Waals surface area contributed by atoms with Gasteiger partial charge in [-0.25, -0.2) is 4.98 Å². The normalized spacial score (nSPS) is 21.6. The van der Waals surface area contributed by atoms with Crippen molar-refractivity contribution in [1.82, 2.24) is 9.55 Å². The van der Waals surface area contributed by atoms with Crippen molar-refractivity contribution in [2.45, 2.75) is 18.9 Å². The number of aryl methyl sites for hydroxylation is 1. The van der Waals surface area contributed by atoms with E-state index in [0.717, 1.165) is 30.4 Å². The van der Waals surface area contributed by atoms with Gasteiger partial charge >= 0.3 is 0 Å². The molecule has 1 aliphatic heterocycles. The molecule has 0 radical (unpaired) electrons. The monoisotopic (exact) mass is 287 g/mol. The predicted octanol–water partition coefficient (Wildman–Crippen LogP) is 2.40. The highest BCUT2D eigenvalue weighted by atomic mass is 16.5. The van der Waals surface area contributed by atoms with Crippen LogP contribution in [0.25, 0.3) is 5.69 Å². The van der Waals surface area contributed by atoms with Crippen LogP contribution in [-0.4, -0.2) is 42.0 Å². The maximum Gasteiger partial charge on any atom is 0.207 e. The van der Waals surface area contributed by atoms with Gasteiger partial charge in [0.1, 0.15) is 5.60 Å². The highest BCUT2D eigenvalue weighted by molar-refractivity contribution is 5.43. The van der Waals surface area contributed by atoms with E-state index in [1.807, 2.05) is 31.3 Å². The molecule has 1 aliphatic rings. The van der Waals surface area contributed by atoms with Crippen LogP contribution in [0, 0.1) is 6.92 Å². The summed E-state index contributed by atoms with van der Waals surface area (Å²) in [4.78, 5) is 4.57. The SMILES string of the molecule is COC1(CNc2nc(C)cn2-c2ccccc2)CCOC1. The van der Waals surface area contributed by atoms with Crippen LogP contribution >= 0.6 is 0 Å². The maximum atomic E-state index is 5.65. The van der Waals surface area contributed by atoms with E-state index in [0.29, 0.717) is 13.2 Å². The Morgan fingerprint density at radius 3 is 2.86 bits per heavy atom. The zero-order valence-electron chi connectivity index (χ0n) is 12.5. The van der Waals surface area contributed by atoms with E-state index < -0.39 is 0 Å². The van der Waals surface area contributed by atoms with Crippen LogP contribution in [0.1, 0.15) is 12.1 Å². The zero-order valence-corrected chi connectivity index (χ0v) is 12.5. The molecular weight excluding hydrogens is 266 g/mol. The summed E-state index contributed by atoms with van der Waals surface area (Å²) in [5.74, 6) is 0.835. The minimum absolute atomic E-state index is 0.249. The summed E-state index contributed by atoms with van der Waals surface area (Å²) in [7, 11) is 1.74. The third-order valence-corrected chi connectivity index (χ3v) is 3.93. The minimum Gasteiger partial charge on any atom is -0.378 e. The lowest BCUT2D eigenvalue weighted by Gasteiger charge is -2.26. The second-order valence-corrected chi connectivity index (χ2v) is 5.45. The van der Waals surface area contributed by atoms with Crippen LogP contribution in [0.4, 0.5) is 5.95 Å². The summed E-state index contributed by atoms with van der Waals surface area (Å²) in [6, 6.07) is 10.2. The number of benzene rings is 1. The maximum absolute atomic E-state index is 5.65. The quantitative estimate of drug-likeness (QED) is 0.917. The van der Waals surface area contributed by atoms with E-state index in [4.69, 9.17) is 9.47 Å². The van der Waals surface area contributed by atoms with Crippen molar-refractivity contribution >= 4 is 5.95 Å². The Morgan fingerprint density at radius 2 is 2.19 bits per heavy atom. The van der Waals surface area contributed by atoms with Gasteiger partial charge in [-0.15, -0.1) is 0 Å². The van der Waals surface area contributed by atoms with E-state index in [9.17, 15) is 0 Å². The summed E-state index contributed by atoms with van der Waals surface area (Å²) in [6.45, 7) is 4.06. The molecule has 1 N–H and O–H groups in total. The number of para-hydroxylation sites is 1. The molecule has 1 aromatic carbocycles. The predicted molar refractivity (Wildman–Crippen MR) is 82.0 cm³/mol. The van der Waals surface area contributed by atoms with Crippen LogP contribution in [0.2, 0.25) is 0 Å². The van der Waals surface area contributed by atoms with Gasteiger partial charge in [-0.3, -0.25) is 4.57 Å². The number of nitrogens with one attached hydrogen (secondary N) is 1. The molecule has 0 spiro atoms. The van der Waals surface area contributed by atoms with E-state index >= 15 is 0 Å². The third kappa shape index (κ3) is 2.94. The van der Waals surface area contributed by atoms with Crippen molar-refractivity contribution < 1.29 is 9.47 Å². The summed E-state index contributed by atoms with van der Waals surface area (Å²) < 4.78 is 13.2. The smallest absolute Gasteiger partial charge is 0.207 e. The number of anilines is 1. The Morgan fingerprint density at radius 1 is 1.38 bits per heavy atom. The van der Waals surface area contributed by atoms with Crippen molar-refractivity contribution in [2.75, 3.05) is 32.2 Å². The molecule has 1 unspecified atom stereocenters. The third-order valence-electron chi connectivity index (χ3n) is 3.93. The second-order valence-electron chi connectivity index (χ2n) is 5.45. The number of imidazole rings is 1. The zero-order chi connectivity index (χ0) is 14.7. The van der Waals surface area contributed by atoms with Gasteiger partial charge in [-0.05, 0) is 19.1 Å². The Labute approximate surface area is 124 Å². The van der Waals surface area contributed by atoms with Crippen LogP contribution in [-0.2, 0) is 9.47 Å². The van der Waals surface area contributed by atoms with Gasteiger partial charge in [0.15, 0.2) is 0 Å². The summed E-state index contributed by atoms with van der Waals surface area (Å²) >= 11 is 0. The molecule has 21 heavy (non-hydrogen) atoms. The van der Waals surface area contributed by atoms with Crippen molar-refractivity contribution in [2.24, 2.45) is 0 Å². The van der Waals surface area contributed by atoms with E-state index in [1.54, 1.807) is 7.11 Å². The van der Waals surface area contributed by atoms with Gasteiger partial charge in [0.25, 0.3) is 0 Å². The molecule has 0 bridgehead atoms. The molecule has 0 aliphatic carbocycles. The number of aromatic nitrogens is 2. The average molecular weight is 287 g/mol. The highest BCUT2D eigenvalue weighted by Gasteiger charge is 2.35. The molecule has 2 heterocycles. The standard InChI is InChI=1S/C16H21N3O2/c1-13-10-19(14-6-4-3-5-7-14)15(18-13)17-11-16(20-2)8-9-21-12-16/h3-7,10H,8-9,11-12H2,1-2H3,(H,17,18). The first kappa shape index (κ1) is 14.1. The van der Waals surface area contributed by atoms with Crippen LogP contribution < -0.4 is 5.32 Å². The number of ether oxygens (including phenoxy) is 2. The number of methoxy groups -OCH3 is 1. The van der Waals surface area contributed by atoms with E-state index in [2.05, 4.69) is 27.0 Å². The van der Waals surface area contributed by atoms with Gasteiger partial charge in [-0.1, -0.05) is 18.2 Å². The van der Waals surface area contributed by atoms with E-state index in [-0.39, 0.29) is 5.60 Å². The molecule has 1 fully saturated rings. The first-order valence-corrected chi connectivity index (χ1v) is 7.21. The molecule has 112 valence electrons. The highest BCUT2D eigenvalue weighted by Crippen LogP contribution is 2.24. The van der Waals surface area contributed by atoms with Crippen molar-refractivity contribution in [3.8, 4) is 5.69 Å². The van der Waals surface area contributed by atoms with E-state index in [1.165, 1.54) is 0 Å². The van der Waals surface area contributed by atoms with Gasteiger partial charge in [-0.2, -0.15) is 0 Å². The molecule has 1 atom stereocenters. The van der Waals surface area contributed by atoms with Crippen molar-refractivity contribution in [3.63, 3.8) is 0 Å². The molecule has 0 amide bonds. The summed E-state index contributed by atoms with van der Waals surface area (Å²) in [6.07, 6.45) is 2.93. The van der Waals surface area contributed by atoms with Gasteiger partial charge in [0.05, 0.1) is 12.3 Å². The van der Waals surface area contributed by atoms with Crippen molar-refractivity contribution in [3.05, 3.63) is 42.2 Å². The minimum atomic E-state index is -0.249. The lowest BCUT2D eigenvalue weighted by Crippen LogP contribution is -2.40. The topological polar surface area (TPSA) is 48.3 Å². The number of nitrogens with zero attached hydrogens (tertiary/aromatic N) is 2. The lowest BCUT2D eigenvalue weighted by molar-refractivity contribution is -0.00632. The number of rotatable bonds is 5. The van der Waals surface area contributed by atoms with Crippen LogP contribution in [0.5, 0.6) is 0 Å². The fourth-order valence-corrected chi connectivity index (χ4v) is 2.61. The Hall–Kier alpha value is -1.85. The average Bonchev–Trinajstić information content (AvgIpc) is 3.13. The Bertz CT molecular complexity index is 589. The van der Waals surface area contributed by atoms with Crippen LogP contribution in [0.15, 0.2) is 36.5 Å². The number of hydrogen-bond acceptors (Lipinski definition) is 4. The fourth-order valence-electron chi connectivity index (χ4n) is 2.61. The Kier molecular flexibility index (Phi) is 3.94. The first-order valence-electron chi connectivity index (χ1n) is 7.21. The molecule has 1 aromatic heterocycles. The molecule has 5 nitrogen and oxygen atoms in total. The molecule has 1 saturated heterocycles. The van der Waals surface area contributed by atoms with Gasteiger partial charge in [0.2, 0.25) is 5.95 Å². The van der Waals surface area contributed by atoms with Crippen LogP contribution in [0.3, 0.4) is 0 Å². The fraction of sp³-hybridized carbons (Fsp3) is 0.438. The molecule has 5 heteroatoms. The molecule has 3 rings (SSSR count). The van der Waals surface area contributed by atoms with Gasteiger partial charge in [0, 0.05) is 38.6 Å². The second kappa shape index (κ2) is 5.87. The Balaban J connectivity index is 1.80. The lowest BCUT2D eigenvalue weighted by atomic mass is 10.0. The summed E-state index contributed by atoms with van der Waals surface area (Å²) in [5.41, 5.74) is 1.83. The van der Waals surface area contributed by atoms with Gasteiger partial charge < -0.3 is 14.8 Å².